The summed E-state index contributed by atoms with van der Waals surface area (Å²) in [5.41, 5.74) is 1.16. The molecule has 0 spiro atoms. The molecule has 1 aliphatic carbocycles. The van der Waals surface area contributed by atoms with Crippen molar-refractivity contribution in [1.82, 2.24) is 0 Å². The van der Waals surface area contributed by atoms with Gasteiger partial charge in [-0.3, -0.25) is 0 Å². The second-order valence-electron chi connectivity index (χ2n) is 4.25. The molecule has 0 bridgehead atoms. The average molecular weight is 217 g/mol. The van der Waals surface area contributed by atoms with Crippen LogP contribution in [-0.4, -0.2) is 12.6 Å². The number of nitrogens with one attached hydrogen (secondary N) is 1. The summed E-state index contributed by atoms with van der Waals surface area (Å²) < 4.78 is 5.50. The molecule has 0 amide bonds. The van der Waals surface area contributed by atoms with E-state index in [1.54, 1.807) is 6.08 Å². The molecule has 86 valence electrons. The molecule has 0 atom stereocenters. The Hall–Kier alpha value is -1.44. The fraction of sp³-hybridized carbons (Fsp3) is 0.429. The topological polar surface area (TPSA) is 21.3 Å². The Morgan fingerprint density at radius 1 is 1.38 bits per heavy atom. The number of anilines is 1. The molecule has 1 fully saturated rings. The van der Waals surface area contributed by atoms with Crippen LogP contribution in [0.1, 0.15) is 25.7 Å². The Labute approximate surface area is 97.3 Å². The fourth-order valence-corrected chi connectivity index (χ4v) is 2.14. The highest BCUT2D eigenvalue weighted by Gasteiger charge is 2.14. The molecule has 0 heterocycles. The van der Waals surface area contributed by atoms with Crippen LogP contribution in [0.2, 0.25) is 0 Å². The molecule has 0 radical (unpaired) electrons. The smallest absolute Gasteiger partial charge is 0.121 e. The molecule has 1 N–H and O–H groups in total. The zero-order valence-electron chi connectivity index (χ0n) is 9.61. The lowest BCUT2D eigenvalue weighted by Crippen LogP contribution is -2.14. The fourth-order valence-electron chi connectivity index (χ4n) is 2.14. The average Bonchev–Trinajstić information content (AvgIpc) is 2.80. The third-order valence-electron chi connectivity index (χ3n) is 2.93. The number of ether oxygens (including phenoxy) is 1. The van der Waals surface area contributed by atoms with Crippen LogP contribution >= 0.6 is 0 Å². The van der Waals surface area contributed by atoms with E-state index in [1.807, 2.05) is 12.1 Å². The summed E-state index contributed by atoms with van der Waals surface area (Å²) in [5.74, 6) is 0.905. The molecule has 1 aliphatic rings. The van der Waals surface area contributed by atoms with Crippen LogP contribution in [0.25, 0.3) is 0 Å². The van der Waals surface area contributed by atoms with Gasteiger partial charge in [-0.1, -0.05) is 31.6 Å². The Bertz CT molecular complexity index is 342. The van der Waals surface area contributed by atoms with Gasteiger partial charge in [0.2, 0.25) is 0 Å². The Morgan fingerprint density at radius 3 is 2.94 bits per heavy atom. The van der Waals surface area contributed by atoms with E-state index in [1.165, 1.54) is 25.7 Å². The summed E-state index contributed by atoms with van der Waals surface area (Å²) in [6.07, 6.45) is 7.04. The van der Waals surface area contributed by atoms with Crippen molar-refractivity contribution in [3.63, 3.8) is 0 Å². The normalized spacial score (nSPS) is 16.0. The number of hydrogen-bond acceptors (Lipinski definition) is 2. The first-order valence-corrected chi connectivity index (χ1v) is 5.99. The minimum absolute atomic E-state index is 0.562. The molecule has 0 aliphatic heterocycles. The minimum atomic E-state index is 0.562. The predicted molar refractivity (Wildman–Crippen MR) is 68.0 cm³/mol. The zero-order valence-corrected chi connectivity index (χ0v) is 9.61. The molecule has 0 saturated heterocycles. The second kappa shape index (κ2) is 5.59. The SMILES string of the molecule is C=CCOc1cccc(NC2CCCC2)c1. The molecule has 0 unspecified atom stereocenters. The van der Waals surface area contributed by atoms with Crippen molar-refractivity contribution in [2.45, 2.75) is 31.7 Å². The zero-order chi connectivity index (χ0) is 11.2. The first kappa shape index (κ1) is 11.1. The van der Waals surface area contributed by atoms with E-state index in [-0.39, 0.29) is 0 Å². The summed E-state index contributed by atoms with van der Waals surface area (Å²) in [6, 6.07) is 8.80. The lowest BCUT2D eigenvalue weighted by Gasteiger charge is -2.14. The highest BCUT2D eigenvalue weighted by molar-refractivity contribution is 5.49. The second-order valence-corrected chi connectivity index (χ2v) is 4.25. The van der Waals surface area contributed by atoms with E-state index < -0.39 is 0 Å². The maximum absolute atomic E-state index is 5.50. The van der Waals surface area contributed by atoms with Crippen molar-refractivity contribution < 1.29 is 4.74 Å². The van der Waals surface area contributed by atoms with Crippen molar-refractivity contribution in [2.75, 3.05) is 11.9 Å². The van der Waals surface area contributed by atoms with E-state index in [9.17, 15) is 0 Å². The van der Waals surface area contributed by atoms with Crippen LogP contribution in [0.4, 0.5) is 5.69 Å². The van der Waals surface area contributed by atoms with Gasteiger partial charge in [0.1, 0.15) is 12.4 Å². The van der Waals surface area contributed by atoms with E-state index in [4.69, 9.17) is 4.74 Å². The summed E-state index contributed by atoms with van der Waals surface area (Å²) >= 11 is 0. The highest BCUT2D eigenvalue weighted by atomic mass is 16.5. The summed E-state index contributed by atoms with van der Waals surface area (Å²) in [6.45, 7) is 4.20. The van der Waals surface area contributed by atoms with Crippen molar-refractivity contribution in [2.24, 2.45) is 0 Å². The van der Waals surface area contributed by atoms with E-state index in [0.29, 0.717) is 12.6 Å². The number of benzene rings is 1. The van der Waals surface area contributed by atoms with E-state index in [0.717, 1.165) is 11.4 Å². The van der Waals surface area contributed by atoms with Gasteiger partial charge in [0.15, 0.2) is 0 Å². The van der Waals surface area contributed by atoms with Gasteiger partial charge >= 0.3 is 0 Å². The lowest BCUT2D eigenvalue weighted by atomic mass is 10.2. The van der Waals surface area contributed by atoms with Gasteiger partial charge < -0.3 is 10.1 Å². The first-order chi connectivity index (χ1) is 7.88. The summed E-state index contributed by atoms with van der Waals surface area (Å²) in [5, 5.41) is 3.55. The van der Waals surface area contributed by atoms with Gasteiger partial charge in [0.05, 0.1) is 0 Å². The quantitative estimate of drug-likeness (QED) is 0.761. The maximum atomic E-state index is 5.50. The largest absolute Gasteiger partial charge is 0.489 e. The molecule has 1 saturated carbocycles. The minimum Gasteiger partial charge on any atom is -0.489 e. The first-order valence-electron chi connectivity index (χ1n) is 5.99. The van der Waals surface area contributed by atoms with Crippen molar-refractivity contribution in [3.8, 4) is 5.75 Å². The van der Waals surface area contributed by atoms with Crippen LogP contribution in [0.3, 0.4) is 0 Å². The Kier molecular flexibility index (Phi) is 3.86. The molecular weight excluding hydrogens is 198 g/mol. The predicted octanol–water partition coefficient (Wildman–Crippen LogP) is 3.61. The molecule has 16 heavy (non-hydrogen) atoms. The van der Waals surface area contributed by atoms with Crippen LogP contribution in [0.5, 0.6) is 5.75 Å². The van der Waals surface area contributed by atoms with Crippen LogP contribution < -0.4 is 10.1 Å². The van der Waals surface area contributed by atoms with Gasteiger partial charge in [0.25, 0.3) is 0 Å². The van der Waals surface area contributed by atoms with Crippen molar-refractivity contribution in [3.05, 3.63) is 36.9 Å². The highest BCUT2D eigenvalue weighted by Crippen LogP contribution is 2.24. The molecule has 2 heteroatoms. The van der Waals surface area contributed by atoms with Crippen molar-refractivity contribution >= 4 is 5.69 Å². The molecule has 1 aromatic rings. The molecule has 0 aromatic heterocycles. The van der Waals surface area contributed by atoms with Gasteiger partial charge in [-0.05, 0) is 25.0 Å². The van der Waals surface area contributed by atoms with Crippen LogP contribution in [0, 0.1) is 0 Å². The van der Waals surface area contributed by atoms with Crippen LogP contribution in [0.15, 0.2) is 36.9 Å². The van der Waals surface area contributed by atoms with Gasteiger partial charge in [-0.2, -0.15) is 0 Å². The third kappa shape index (κ3) is 3.02. The summed E-state index contributed by atoms with van der Waals surface area (Å²) in [7, 11) is 0. The van der Waals surface area contributed by atoms with Crippen LogP contribution in [-0.2, 0) is 0 Å². The van der Waals surface area contributed by atoms with Gasteiger partial charge in [-0.15, -0.1) is 0 Å². The molecule has 1 aromatic carbocycles. The van der Waals surface area contributed by atoms with Gasteiger partial charge in [0, 0.05) is 17.8 Å². The Morgan fingerprint density at radius 2 is 2.19 bits per heavy atom. The standard InChI is InChI=1S/C14H19NO/c1-2-10-16-14-9-5-8-13(11-14)15-12-6-3-4-7-12/h2,5,8-9,11-12,15H,1,3-4,6-7,10H2. The third-order valence-corrected chi connectivity index (χ3v) is 2.93. The number of rotatable bonds is 5. The molecular formula is C14H19NO. The van der Waals surface area contributed by atoms with E-state index >= 15 is 0 Å². The summed E-state index contributed by atoms with van der Waals surface area (Å²) in [4.78, 5) is 0. The van der Waals surface area contributed by atoms with Crippen molar-refractivity contribution in [1.29, 1.82) is 0 Å². The maximum Gasteiger partial charge on any atom is 0.121 e. The lowest BCUT2D eigenvalue weighted by molar-refractivity contribution is 0.363. The monoisotopic (exact) mass is 217 g/mol. The molecule has 2 rings (SSSR count). The number of hydrogen-bond donors (Lipinski definition) is 1. The molecule has 2 nitrogen and oxygen atoms in total. The Balaban J connectivity index is 1.94. The van der Waals surface area contributed by atoms with Gasteiger partial charge in [-0.25, -0.2) is 0 Å². The van der Waals surface area contributed by atoms with E-state index in [2.05, 4.69) is 24.0 Å².